The van der Waals surface area contributed by atoms with E-state index in [0.29, 0.717) is 11.6 Å². The molecule has 1 atom stereocenters. The second kappa shape index (κ2) is 6.59. The standard InChI is InChI=1S/C16H23ClN2O/c1-12(13-5-7-14(17)8-6-13)19-15(20)16(11-18)9-3-2-4-10-16/h5-8,12H,2-4,9-11,18H2,1H3,(H,19,20). The molecular weight excluding hydrogens is 272 g/mol. The van der Waals surface area contributed by atoms with Crippen molar-refractivity contribution < 1.29 is 4.79 Å². The Morgan fingerprint density at radius 1 is 1.30 bits per heavy atom. The molecule has 3 nitrogen and oxygen atoms in total. The fraction of sp³-hybridized carbons (Fsp3) is 0.562. The Morgan fingerprint density at radius 2 is 1.90 bits per heavy atom. The quantitative estimate of drug-likeness (QED) is 0.894. The molecule has 0 saturated heterocycles. The average molecular weight is 295 g/mol. The number of carbonyl (C=O) groups is 1. The zero-order valence-corrected chi connectivity index (χ0v) is 12.7. The van der Waals surface area contributed by atoms with Crippen LogP contribution in [0.3, 0.4) is 0 Å². The fourth-order valence-corrected chi connectivity index (χ4v) is 3.06. The summed E-state index contributed by atoms with van der Waals surface area (Å²) in [5.74, 6) is 0.0992. The molecule has 0 heterocycles. The van der Waals surface area contributed by atoms with Crippen LogP contribution in [0.15, 0.2) is 24.3 Å². The minimum atomic E-state index is -0.362. The number of benzene rings is 1. The van der Waals surface area contributed by atoms with Gasteiger partial charge >= 0.3 is 0 Å². The van der Waals surface area contributed by atoms with Crippen molar-refractivity contribution in [3.05, 3.63) is 34.9 Å². The fourth-order valence-electron chi connectivity index (χ4n) is 2.94. The molecule has 2 rings (SSSR count). The average Bonchev–Trinajstić information content (AvgIpc) is 2.48. The van der Waals surface area contributed by atoms with Crippen LogP contribution in [0.5, 0.6) is 0 Å². The zero-order valence-electron chi connectivity index (χ0n) is 12.0. The first-order chi connectivity index (χ1) is 9.57. The monoisotopic (exact) mass is 294 g/mol. The Morgan fingerprint density at radius 3 is 2.45 bits per heavy atom. The van der Waals surface area contributed by atoms with E-state index in [4.69, 9.17) is 17.3 Å². The molecular formula is C16H23ClN2O. The maximum absolute atomic E-state index is 12.6. The maximum Gasteiger partial charge on any atom is 0.227 e. The van der Waals surface area contributed by atoms with Gasteiger partial charge in [0.05, 0.1) is 11.5 Å². The van der Waals surface area contributed by atoms with Crippen molar-refractivity contribution in [2.24, 2.45) is 11.1 Å². The molecule has 0 aromatic heterocycles. The summed E-state index contributed by atoms with van der Waals surface area (Å²) in [6, 6.07) is 7.56. The highest BCUT2D eigenvalue weighted by Gasteiger charge is 2.38. The summed E-state index contributed by atoms with van der Waals surface area (Å²) in [7, 11) is 0. The Bertz CT molecular complexity index is 452. The number of rotatable bonds is 4. The van der Waals surface area contributed by atoms with E-state index in [0.717, 1.165) is 31.2 Å². The topological polar surface area (TPSA) is 55.1 Å². The van der Waals surface area contributed by atoms with Crippen LogP contribution in [0.2, 0.25) is 5.02 Å². The predicted molar refractivity (Wildman–Crippen MR) is 82.6 cm³/mol. The van der Waals surface area contributed by atoms with E-state index in [1.807, 2.05) is 31.2 Å². The first kappa shape index (κ1) is 15.3. The van der Waals surface area contributed by atoms with E-state index in [9.17, 15) is 4.79 Å². The van der Waals surface area contributed by atoms with Crippen molar-refractivity contribution in [2.45, 2.75) is 45.1 Å². The second-order valence-corrected chi connectivity index (χ2v) is 6.23. The minimum Gasteiger partial charge on any atom is -0.349 e. The molecule has 1 aromatic rings. The Kier molecular flexibility index (Phi) is 5.06. The van der Waals surface area contributed by atoms with Gasteiger partial charge in [-0.05, 0) is 37.5 Å². The molecule has 4 heteroatoms. The molecule has 1 amide bonds. The first-order valence-corrected chi connectivity index (χ1v) is 7.72. The van der Waals surface area contributed by atoms with Crippen LogP contribution in [-0.2, 0) is 4.79 Å². The summed E-state index contributed by atoms with van der Waals surface area (Å²) in [5, 5.41) is 3.82. The number of hydrogen-bond donors (Lipinski definition) is 2. The Labute approximate surface area is 125 Å². The summed E-state index contributed by atoms with van der Waals surface area (Å²) in [6.07, 6.45) is 5.22. The molecule has 20 heavy (non-hydrogen) atoms. The lowest BCUT2D eigenvalue weighted by Gasteiger charge is -2.35. The van der Waals surface area contributed by atoms with Gasteiger partial charge in [0.25, 0.3) is 0 Å². The normalized spacial score (nSPS) is 19.4. The predicted octanol–water partition coefficient (Wildman–Crippen LogP) is 3.43. The van der Waals surface area contributed by atoms with Crippen LogP contribution in [0.1, 0.15) is 50.6 Å². The molecule has 110 valence electrons. The maximum atomic E-state index is 12.6. The van der Waals surface area contributed by atoms with Gasteiger partial charge in [-0.25, -0.2) is 0 Å². The molecule has 1 saturated carbocycles. The Balaban J connectivity index is 2.04. The third-order valence-electron chi connectivity index (χ3n) is 4.40. The van der Waals surface area contributed by atoms with Crippen LogP contribution < -0.4 is 11.1 Å². The summed E-state index contributed by atoms with van der Waals surface area (Å²) < 4.78 is 0. The van der Waals surface area contributed by atoms with E-state index in [1.54, 1.807) is 0 Å². The summed E-state index contributed by atoms with van der Waals surface area (Å²) in [4.78, 5) is 12.6. The van der Waals surface area contributed by atoms with Gasteiger partial charge in [-0.2, -0.15) is 0 Å². The van der Waals surface area contributed by atoms with Crippen molar-refractivity contribution in [1.82, 2.24) is 5.32 Å². The van der Waals surface area contributed by atoms with E-state index in [1.165, 1.54) is 6.42 Å². The van der Waals surface area contributed by atoms with Crippen molar-refractivity contribution in [3.8, 4) is 0 Å². The molecule has 3 N–H and O–H groups in total. The highest BCUT2D eigenvalue weighted by molar-refractivity contribution is 6.30. The van der Waals surface area contributed by atoms with Crippen LogP contribution in [0.25, 0.3) is 0 Å². The van der Waals surface area contributed by atoms with Crippen LogP contribution >= 0.6 is 11.6 Å². The van der Waals surface area contributed by atoms with Crippen molar-refractivity contribution in [1.29, 1.82) is 0 Å². The van der Waals surface area contributed by atoms with Gasteiger partial charge in [-0.1, -0.05) is 43.0 Å². The second-order valence-electron chi connectivity index (χ2n) is 5.79. The largest absolute Gasteiger partial charge is 0.349 e. The lowest BCUT2D eigenvalue weighted by molar-refractivity contribution is -0.133. The van der Waals surface area contributed by atoms with E-state index in [-0.39, 0.29) is 17.4 Å². The first-order valence-electron chi connectivity index (χ1n) is 7.34. The summed E-state index contributed by atoms with van der Waals surface area (Å²) in [5.41, 5.74) is 6.59. The van der Waals surface area contributed by atoms with Crippen molar-refractivity contribution in [3.63, 3.8) is 0 Å². The molecule has 0 bridgehead atoms. The van der Waals surface area contributed by atoms with E-state index in [2.05, 4.69) is 5.32 Å². The van der Waals surface area contributed by atoms with Gasteiger partial charge < -0.3 is 11.1 Å². The lowest BCUT2D eigenvalue weighted by Crippen LogP contribution is -2.47. The van der Waals surface area contributed by atoms with Gasteiger partial charge in [0.15, 0.2) is 0 Å². The molecule has 0 radical (unpaired) electrons. The Hall–Kier alpha value is -1.06. The smallest absolute Gasteiger partial charge is 0.227 e. The van der Waals surface area contributed by atoms with Crippen LogP contribution in [0, 0.1) is 5.41 Å². The minimum absolute atomic E-state index is 0.0230. The lowest BCUT2D eigenvalue weighted by atomic mass is 9.73. The number of amides is 1. The van der Waals surface area contributed by atoms with E-state index < -0.39 is 0 Å². The molecule has 0 aliphatic heterocycles. The number of halogens is 1. The highest BCUT2D eigenvalue weighted by Crippen LogP contribution is 2.36. The van der Waals surface area contributed by atoms with Gasteiger partial charge in [0.2, 0.25) is 5.91 Å². The van der Waals surface area contributed by atoms with Gasteiger partial charge in [0, 0.05) is 11.6 Å². The van der Waals surface area contributed by atoms with Crippen molar-refractivity contribution >= 4 is 17.5 Å². The highest BCUT2D eigenvalue weighted by atomic mass is 35.5. The summed E-state index contributed by atoms with van der Waals surface area (Å²) >= 11 is 5.88. The van der Waals surface area contributed by atoms with Gasteiger partial charge in [-0.15, -0.1) is 0 Å². The van der Waals surface area contributed by atoms with E-state index >= 15 is 0 Å². The molecule has 0 spiro atoms. The number of hydrogen-bond acceptors (Lipinski definition) is 2. The zero-order chi connectivity index (χ0) is 14.6. The number of nitrogens with one attached hydrogen (secondary N) is 1. The summed E-state index contributed by atoms with van der Waals surface area (Å²) in [6.45, 7) is 2.43. The SMILES string of the molecule is CC(NC(=O)C1(CN)CCCCC1)c1ccc(Cl)cc1. The van der Waals surface area contributed by atoms with Gasteiger partial charge in [0.1, 0.15) is 0 Å². The molecule has 1 fully saturated rings. The van der Waals surface area contributed by atoms with Crippen LogP contribution in [-0.4, -0.2) is 12.5 Å². The third kappa shape index (κ3) is 3.33. The van der Waals surface area contributed by atoms with Gasteiger partial charge in [-0.3, -0.25) is 4.79 Å². The number of nitrogens with two attached hydrogens (primary N) is 1. The third-order valence-corrected chi connectivity index (χ3v) is 4.65. The van der Waals surface area contributed by atoms with Crippen molar-refractivity contribution in [2.75, 3.05) is 6.54 Å². The molecule has 1 aliphatic carbocycles. The molecule has 1 aromatic carbocycles. The molecule has 1 unspecified atom stereocenters. The van der Waals surface area contributed by atoms with Crippen LogP contribution in [0.4, 0.5) is 0 Å². The molecule has 1 aliphatic rings. The number of carbonyl (C=O) groups excluding carboxylic acids is 1.